The van der Waals surface area contributed by atoms with Crippen LogP contribution in [0.3, 0.4) is 0 Å². The summed E-state index contributed by atoms with van der Waals surface area (Å²) in [5.41, 5.74) is 2.58. The summed E-state index contributed by atoms with van der Waals surface area (Å²) in [6.45, 7) is 2.12. The molecule has 0 unspecified atom stereocenters. The summed E-state index contributed by atoms with van der Waals surface area (Å²) in [6, 6.07) is 8.36. The quantitative estimate of drug-likeness (QED) is 0.657. The van der Waals surface area contributed by atoms with Crippen LogP contribution in [0, 0.1) is 6.92 Å². The highest BCUT2D eigenvalue weighted by molar-refractivity contribution is 5.54. The molecule has 0 aliphatic carbocycles. The number of allylic oxidation sites excluding steroid dienone is 2. The second kappa shape index (κ2) is 5.28. The van der Waals surface area contributed by atoms with E-state index in [1.807, 2.05) is 31.3 Å². The van der Waals surface area contributed by atoms with Gasteiger partial charge < -0.3 is 4.90 Å². The second-order valence-corrected chi connectivity index (χ2v) is 3.52. The Kier molecular flexibility index (Phi) is 3.99. The average molecular weight is 187 g/mol. The third kappa shape index (κ3) is 3.48. The van der Waals surface area contributed by atoms with E-state index in [2.05, 4.69) is 43.3 Å². The molecule has 0 N–H and O–H groups in total. The maximum atomic E-state index is 2.12. The van der Waals surface area contributed by atoms with Crippen molar-refractivity contribution in [2.24, 2.45) is 0 Å². The van der Waals surface area contributed by atoms with Crippen LogP contribution in [0.4, 0.5) is 0 Å². The van der Waals surface area contributed by atoms with Gasteiger partial charge in [0.05, 0.1) is 0 Å². The first-order chi connectivity index (χ1) is 6.70. The van der Waals surface area contributed by atoms with Gasteiger partial charge >= 0.3 is 0 Å². The van der Waals surface area contributed by atoms with Gasteiger partial charge in [0.1, 0.15) is 0 Å². The van der Waals surface area contributed by atoms with Crippen molar-refractivity contribution in [3.05, 3.63) is 53.7 Å². The van der Waals surface area contributed by atoms with Crippen molar-refractivity contribution >= 4 is 6.08 Å². The molecule has 0 amide bonds. The van der Waals surface area contributed by atoms with E-state index in [0.29, 0.717) is 0 Å². The number of hydrogen-bond acceptors (Lipinski definition) is 1. The number of nitrogens with zero attached hydrogens (tertiary/aromatic N) is 1. The third-order valence-corrected chi connectivity index (χ3v) is 1.96. The highest BCUT2D eigenvalue weighted by Crippen LogP contribution is 2.08. The summed E-state index contributed by atoms with van der Waals surface area (Å²) in [5.74, 6) is 0. The van der Waals surface area contributed by atoms with E-state index in [-0.39, 0.29) is 0 Å². The summed E-state index contributed by atoms with van der Waals surface area (Å²) in [5, 5.41) is 0. The topological polar surface area (TPSA) is 3.24 Å². The molecule has 1 aromatic carbocycles. The lowest BCUT2D eigenvalue weighted by atomic mass is 10.1. The molecule has 0 spiro atoms. The van der Waals surface area contributed by atoms with Gasteiger partial charge in [-0.05, 0) is 30.3 Å². The van der Waals surface area contributed by atoms with Gasteiger partial charge in [0.25, 0.3) is 0 Å². The summed E-state index contributed by atoms with van der Waals surface area (Å²) in [4.78, 5) is 2.02. The Morgan fingerprint density at radius 1 is 1.07 bits per heavy atom. The lowest BCUT2D eigenvalue weighted by Crippen LogP contribution is -1.99. The fraction of sp³-hybridized carbons (Fsp3) is 0.231. The van der Waals surface area contributed by atoms with Crippen molar-refractivity contribution in [2.45, 2.75) is 6.92 Å². The Morgan fingerprint density at radius 3 is 2.43 bits per heavy atom. The third-order valence-electron chi connectivity index (χ3n) is 1.96. The minimum absolute atomic E-state index is 1.27. The Morgan fingerprint density at radius 2 is 1.79 bits per heavy atom. The van der Waals surface area contributed by atoms with E-state index in [4.69, 9.17) is 0 Å². The summed E-state index contributed by atoms with van der Waals surface area (Å²) >= 11 is 0. The highest BCUT2D eigenvalue weighted by atomic mass is 15.0. The number of benzene rings is 1. The zero-order valence-corrected chi connectivity index (χ0v) is 9.07. The molecule has 0 aromatic heterocycles. The molecule has 0 aliphatic rings. The average Bonchev–Trinajstić information content (AvgIpc) is 2.15. The van der Waals surface area contributed by atoms with E-state index in [9.17, 15) is 0 Å². The fourth-order valence-electron chi connectivity index (χ4n) is 1.15. The predicted molar refractivity (Wildman–Crippen MR) is 63.0 cm³/mol. The van der Waals surface area contributed by atoms with Gasteiger partial charge in [-0.15, -0.1) is 0 Å². The van der Waals surface area contributed by atoms with Gasteiger partial charge in [-0.1, -0.05) is 36.4 Å². The van der Waals surface area contributed by atoms with Crippen LogP contribution < -0.4 is 0 Å². The number of aryl methyl sites for hydroxylation is 1. The van der Waals surface area contributed by atoms with Gasteiger partial charge in [0.2, 0.25) is 0 Å². The first-order valence-electron chi connectivity index (χ1n) is 4.77. The van der Waals surface area contributed by atoms with Gasteiger partial charge in [-0.25, -0.2) is 0 Å². The largest absolute Gasteiger partial charge is 0.383 e. The van der Waals surface area contributed by atoms with Crippen LogP contribution in [0.15, 0.2) is 42.6 Å². The SMILES string of the molecule is Cc1ccccc1/C=C/C=C\N(C)C. The first-order valence-corrected chi connectivity index (χ1v) is 4.77. The molecule has 0 aliphatic heterocycles. The molecular weight excluding hydrogens is 170 g/mol. The summed E-state index contributed by atoms with van der Waals surface area (Å²) in [6.07, 6.45) is 8.24. The minimum atomic E-state index is 1.27. The maximum Gasteiger partial charge on any atom is 0.00556 e. The first kappa shape index (κ1) is 10.6. The molecule has 0 atom stereocenters. The van der Waals surface area contributed by atoms with Crippen LogP contribution in [0.1, 0.15) is 11.1 Å². The van der Waals surface area contributed by atoms with Crippen LogP contribution in [0.25, 0.3) is 6.08 Å². The van der Waals surface area contributed by atoms with Crippen LogP contribution in [-0.2, 0) is 0 Å². The van der Waals surface area contributed by atoms with Gasteiger partial charge in [0.15, 0.2) is 0 Å². The van der Waals surface area contributed by atoms with Crippen molar-refractivity contribution in [1.29, 1.82) is 0 Å². The molecule has 14 heavy (non-hydrogen) atoms. The van der Waals surface area contributed by atoms with Crippen molar-refractivity contribution in [2.75, 3.05) is 14.1 Å². The van der Waals surface area contributed by atoms with Gasteiger partial charge in [-0.3, -0.25) is 0 Å². The standard InChI is InChI=1S/C13H17N/c1-12-8-4-5-9-13(12)10-6-7-11-14(2)3/h4-11H,1-3H3/b10-6+,11-7-. The Labute approximate surface area is 86.4 Å². The maximum absolute atomic E-state index is 2.12. The molecule has 0 bridgehead atoms. The summed E-state index contributed by atoms with van der Waals surface area (Å²) in [7, 11) is 4.02. The Balaban J connectivity index is 2.65. The molecular formula is C13H17N. The molecule has 1 aromatic rings. The molecule has 0 heterocycles. The second-order valence-electron chi connectivity index (χ2n) is 3.52. The lowest BCUT2D eigenvalue weighted by Gasteiger charge is -2.01. The normalized spacial score (nSPS) is 11.4. The van der Waals surface area contributed by atoms with Crippen LogP contribution >= 0.6 is 0 Å². The Hall–Kier alpha value is -1.50. The zero-order valence-electron chi connectivity index (χ0n) is 9.07. The molecule has 1 heteroatoms. The molecule has 0 saturated heterocycles. The fourth-order valence-corrected chi connectivity index (χ4v) is 1.15. The van der Waals surface area contributed by atoms with Gasteiger partial charge in [0, 0.05) is 14.1 Å². The van der Waals surface area contributed by atoms with Crippen LogP contribution in [-0.4, -0.2) is 19.0 Å². The number of hydrogen-bond donors (Lipinski definition) is 0. The van der Waals surface area contributed by atoms with E-state index in [0.717, 1.165) is 0 Å². The van der Waals surface area contributed by atoms with Crippen molar-refractivity contribution in [3.8, 4) is 0 Å². The Bertz CT molecular complexity index is 335. The van der Waals surface area contributed by atoms with E-state index < -0.39 is 0 Å². The zero-order chi connectivity index (χ0) is 10.4. The van der Waals surface area contributed by atoms with E-state index in [1.165, 1.54) is 11.1 Å². The molecule has 0 saturated carbocycles. The minimum Gasteiger partial charge on any atom is -0.383 e. The smallest absolute Gasteiger partial charge is 0.00556 e. The molecule has 74 valence electrons. The summed E-state index contributed by atoms with van der Waals surface area (Å²) < 4.78 is 0. The van der Waals surface area contributed by atoms with Crippen LogP contribution in [0.2, 0.25) is 0 Å². The van der Waals surface area contributed by atoms with Crippen LogP contribution in [0.5, 0.6) is 0 Å². The molecule has 1 rings (SSSR count). The molecule has 1 nitrogen and oxygen atoms in total. The molecule has 0 fully saturated rings. The highest BCUT2D eigenvalue weighted by Gasteiger charge is 1.88. The molecule has 0 radical (unpaired) electrons. The van der Waals surface area contributed by atoms with Crippen molar-refractivity contribution in [1.82, 2.24) is 4.90 Å². The van der Waals surface area contributed by atoms with Crippen molar-refractivity contribution in [3.63, 3.8) is 0 Å². The predicted octanol–water partition coefficient (Wildman–Crippen LogP) is 3.08. The lowest BCUT2D eigenvalue weighted by molar-refractivity contribution is 0.564. The monoisotopic (exact) mass is 187 g/mol. The van der Waals surface area contributed by atoms with E-state index >= 15 is 0 Å². The van der Waals surface area contributed by atoms with Gasteiger partial charge in [-0.2, -0.15) is 0 Å². The van der Waals surface area contributed by atoms with Crippen molar-refractivity contribution < 1.29 is 0 Å². The van der Waals surface area contributed by atoms with E-state index in [1.54, 1.807) is 0 Å². The number of rotatable bonds is 3.